The first kappa shape index (κ1) is 20.1. The molecule has 156 valence electrons. The van der Waals surface area contributed by atoms with Gasteiger partial charge in [-0.05, 0) is 42.7 Å². The summed E-state index contributed by atoms with van der Waals surface area (Å²) in [6, 6.07) is 16.5. The molecule has 0 aliphatic carbocycles. The molecular formula is C23H28N6O. The van der Waals surface area contributed by atoms with Crippen molar-refractivity contribution in [3.05, 3.63) is 59.7 Å². The number of ether oxygens (including phenoxy) is 1. The zero-order valence-corrected chi connectivity index (χ0v) is 17.7. The Bertz CT molecular complexity index is 966. The van der Waals surface area contributed by atoms with Crippen LogP contribution in [0.1, 0.15) is 30.9 Å². The minimum atomic E-state index is 0.495. The average molecular weight is 405 g/mol. The van der Waals surface area contributed by atoms with Gasteiger partial charge in [-0.3, -0.25) is 0 Å². The first-order valence-electron chi connectivity index (χ1n) is 10.4. The number of aromatic nitrogens is 3. The lowest BCUT2D eigenvalue weighted by Crippen LogP contribution is -2.37. The number of benzene rings is 2. The third-order valence-corrected chi connectivity index (χ3v) is 5.06. The van der Waals surface area contributed by atoms with Gasteiger partial charge in [-0.25, -0.2) is 0 Å². The molecule has 0 amide bonds. The van der Waals surface area contributed by atoms with Gasteiger partial charge in [0.05, 0.1) is 13.2 Å². The molecule has 0 atom stereocenters. The molecule has 0 radical (unpaired) electrons. The summed E-state index contributed by atoms with van der Waals surface area (Å²) < 4.78 is 5.47. The highest BCUT2D eigenvalue weighted by Crippen LogP contribution is 2.23. The number of morpholine rings is 1. The van der Waals surface area contributed by atoms with Crippen LogP contribution in [0.3, 0.4) is 0 Å². The minimum Gasteiger partial charge on any atom is -0.378 e. The molecule has 7 nitrogen and oxygen atoms in total. The molecule has 3 aromatic rings. The number of rotatable bonds is 6. The molecule has 0 spiro atoms. The number of nitrogens with zero attached hydrogens (tertiary/aromatic N) is 4. The molecule has 0 saturated carbocycles. The Balaban J connectivity index is 1.61. The highest BCUT2D eigenvalue weighted by molar-refractivity contribution is 5.60. The van der Waals surface area contributed by atoms with E-state index in [0.717, 1.165) is 24.5 Å². The van der Waals surface area contributed by atoms with E-state index in [4.69, 9.17) is 4.74 Å². The standard InChI is InChI=1S/C23H28N6O/c1-16(2)18-6-10-20(11-7-18)25-22-26-21(24-19-8-4-17(3)5-9-19)27-23(28-22)29-12-14-30-15-13-29/h4-11,16H,12-15H2,1-3H3,(H2,24,25,26,27,28). The van der Waals surface area contributed by atoms with Gasteiger partial charge in [-0.2, -0.15) is 15.0 Å². The van der Waals surface area contributed by atoms with E-state index < -0.39 is 0 Å². The van der Waals surface area contributed by atoms with Crippen LogP contribution in [-0.2, 0) is 4.74 Å². The van der Waals surface area contributed by atoms with Gasteiger partial charge in [-0.1, -0.05) is 43.7 Å². The first-order chi connectivity index (χ1) is 14.6. The second kappa shape index (κ2) is 9.09. The fraction of sp³-hybridized carbons (Fsp3) is 0.348. The van der Waals surface area contributed by atoms with E-state index in [-0.39, 0.29) is 0 Å². The minimum absolute atomic E-state index is 0.495. The van der Waals surface area contributed by atoms with Crippen molar-refractivity contribution in [1.29, 1.82) is 0 Å². The predicted octanol–water partition coefficient (Wildman–Crippen LogP) is 4.63. The molecule has 1 aliphatic rings. The third-order valence-electron chi connectivity index (χ3n) is 5.06. The Kier molecular flexibility index (Phi) is 6.09. The summed E-state index contributed by atoms with van der Waals surface area (Å²) in [7, 11) is 0. The Morgan fingerprint density at radius 3 is 1.87 bits per heavy atom. The van der Waals surface area contributed by atoms with E-state index in [9.17, 15) is 0 Å². The zero-order valence-electron chi connectivity index (χ0n) is 17.7. The van der Waals surface area contributed by atoms with Gasteiger partial charge in [-0.15, -0.1) is 0 Å². The summed E-state index contributed by atoms with van der Waals surface area (Å²) in [6.45, 7) is 9.30. The highest BCUT2D eigenvalue weighted by Gasteiger charge is 2.17. The zero-order chi connectivity index (χ0) is 20.9. The Morgan fingerprint density at radius 2 is 1.33 bits per heavy atom. The van der Waals surface area contributed by atoms with Crippen molar-refractivity contribution in [3.8, 4) is 0 Å². The molecule has 1 fully saturated rings. The van der Waals surface area contributed by atoms with Crippen molar-refractivity contribution in [2.24, 2.45) is 0 Å². The van der Waals surface area contributed by atoms with Gasteiger partial charge in [0.1, 0.15) is 0 Å². The molecule has 2 heterocycles. The van der Waals surface area contributed by atoms with Crippen LogP contribution < -0.4 is 15.5 Å². The lowest BCUT2D eigenvalue weighted by molar-refractivity contribution is 0.122. The maximum atomic E-state index is 5.47. The van der Waals surface area contributed by atoms with Crippen molar-refractivity contribution in [1.82, 2.24) is 15.0 Å². The van der Waals surface area contributed by atoms with Crippen LogP contribution in [0.15, 0.2) is 48.5 Å². The van der Waals surface area contributed by atoms with Crippen LogP contribution in [0.25, 0.3) is 0 Å². The Morgan fingerprint density at radius 1 is 0.800 bits per heavy atom. The first-order valence-corrected chi connectivity index (χ1v) is 10.4. The SMILES string of the molecule is Cc1ccc(Nc2nc(Nc3ccc(C(C)C)cc3)nc(N3CCOCC3)n2)cc1. The fourth-order valence-corrected chi connectivity index (χ4v) is 3.23. The number of hydrogen-bond acceptors (Lipinski definition) is 7. The molecule has 30 heavy (non-hydrogen) atoms. The maximum Gasteiger partial charge on any atom is 0.233 e. The van der Waals surface area contributed by atoms with Crippen LogP contribution in [0.4, 0.5) is 29.2 Å². The van der Waals surface area contributed by atoms with Crippen LogP contribution in [0, 0.1) is 6.92 Å². The normalized spacial score (nSPS) is 14.1. The predicted molar refractivity (Wildman–Crippen MR) is 121 cm³/mol. The smallest absolute Gasteiger partial charge is 0.233 e. The van der Waals surface area contributed by atoms with Crippen LogP contribution in [0.5, 0.6) is 0 Å². The molecular weight excluding hydrogens is 376 g/mol. The van der Waals surface area contributed by atoms with Gasteiger partial charge in [0.15, 0.2) is 0 Å². The molecule has 2 aromatic carbocycles. The molecule has 1 aliphatic heterocycles. The Hall–Kier alpha value is -3.19. The van der Waals surface area contributed by atoms with Crippen molar-refractivity contribution in [3.63, 3.8) is 0 Å². The van der Waals surface area contributed by atoms with Crippen molar-refractivity contribution in [2.45, 2.75) is 26.7 Å². The van der Waals surface area contributed by atoms with Gasteiger partial charge in [0.25, 0.3) is 0 Å². The summed E-state index contributed by atoms with van der Waals surface area (Å²) in [5.41, 5.74) is 4.39. The molecule has 0 unspecified atom stereocenters. The monoisotopic (exact) mass is 404 g/mol. The number of aryl methyl sites for hydroxylation is 1. The number of nitrogens with one attached hydrogen (secondary N) is 2. The molecule has 1 aromatic heterocycles. The van der Waals surface area contributed by atoms with Crippen LogP contribution in [0.2, 0.25) is 0 Å². The average Bonchev–Trinajstić information content (AvgIpc) is 2.76. The summed E-state index contributed by atoms with van der Waals surface area (Å²) >= 11 is 0. The molecule has 1 saturated heterocycles. The van der Waals surface area contributed by atoms with Gasteiger partial charge < -0.3 is 20.3 Å². The summed E-state index contributed by atoms with van der Waals surface area (Å²) in [6.07, 6.45) is 0. The van der Waals surface area contributed by atoms with Gasteiger partial charge in [0.2, 0.25) is 17.8 Å². The van der Waals surface area contributed by atoms with Crippen molar-refractivity contribution < 1.29 is 4.74 Å². The van der Waals surface area contributed by atoms with E-state index in [1.54, 1.807) is 0 Å². The number of hydrogen-bond donors (Lipinski definition) is 2. The molecule has 7 heteroatoms. The fourth-order valence-electron chi connectivity index (χ4n) is 3.23. The molecule has 2 N–H and O–H groups in total. The third kappa shape index (κ3) is 5.04. The topological polar surface area (TPSA) is 75.2 Å². The van der Waals surface area contributed by atoms with Crippen molar-refractivity contribution >= 4 is 29.2 Å². The van der Waals surface area contributed by atoms with Crippen molar-refractivity contribution in [2.75, 3.05) is 41.8 Å². The Labute approximate surface area is 177 Å². The van der Waals surface area contributed by atoms with Crippen LogP contribution >= 0.6 is 0 Å². The maximum absolute atomic E-state index is 5.47. The lowest BCUT2D eigenvalue weighted by Gasteiger charge is -2.27. The summed E-state index contributed by atoms with van der Waals surface area (Å²) in [5, 5.41) is 6.63. The lowest BCUT2D eigenvalue weighted by atomic mass is 10.0. The molecule has 4 rings (SSSR count). The van der Waals surface area contributed by atoms with Gasteiger partial charge in [0, 0.05) is 24.5 Å². The summed E-state index contributed by atoms with van der Waals surface area (Å²) in [5.74, 6) is 2.16. The van der Waals surface area contributed by atoms with E-state index in [2.05, 4.69) is 87.7 Å². The van der Waals surface area contributed by atoms with Gasteiger partial charge >= 0.3 is 0 Å². The quantitative estimate of drug-likeness (QED) is 0.620. The second-order valence-corrected chi connectivity index (χ2v) is 7.77. The van der Waals surface area contributed by atoms with E-state index in [1.807, 2.05) is 12.1 Å². The second-order valence-electron chi connectivity index (χ2n) is 7.77. The number of anilines is 5. The van der Waals surface area contributed by atoms with E-state index in [0.29, 0.717) is 37.0 Å². The van der Waals surface area contributed by atoms with E-state index >= 15 is 0 Å². The highest BCUT2D eigenvalue weighted by atomic mass is 16.5. The van der Waals surface area contributed by atoms with E-state index in [1.165, 1.54) is 11.1 Å². The summed E-state index contributed by atoms with van der Waals surface area (Å²) in [4.78, 5) is 16.0. The molecule has 0 bridgehead atoms. The largest absolute Gasteiger partial charge is 0.378 e. The van der Waals surface area contributed by atoms with Crippen LogP contribution in [-0.4, -0.2) is 41.3 Å².